The monoisotopic (exact) mass is 510 g/mol. The first-order chi connectivity index (χ1) is 18.6. The van der Waals surface area contributed by atoms with E-state index in [1.807, 2.05) is 30.3 Å². The Morgan fingerprint density at radius 1 is 0.921 bits per heavy atom. The molecular weight excluding hydrogens is 476 g/mol. The lowest BCUT2D eigenvalue weighted by atomic mass is 9.96. The van der Waals surface area contributed by atoms with Gasteiger partial charge in [0.25, 0.3) is 5.91 Å². The Balaban J connectivity index is 1.34. The molecule has 1 amide bonds. The number of methoxy groups -OCH3 is 2. The van der Waals surface area contributed by atoms with Crippen molar-refractivity contribution in [2.75, 3.05) is 46.9 Å². The molecule has 0 saturated carbocycles. The summed E-state index contributed by atoms with van der Waals surface area (Å²) < 4.78 is 10.6. The molecule has 38 heavy (non-hydrogen) atoms. The largest absolute Gasteiger partial charge is 0.493 e. The maximum atomic E-state index is 13.1. The predicted molar refractivity (Wildman–Crippen MR) is 148 cm³/mol. The molecule has 196 valence electrons. The zero-order valence-corrected chi connectivity index (χ0v) is 22.0. The number of nitrogens with one attached hydrogen (secondary N) is 1. The Morgan fingerprint density at radius 2 is 1.53 bits per heavy atom. The third kappa shape index (κ3) is 6.53. The van der Waals surface area contributed by atoms with Crippen molar-refractivity contribution >= 4 is 5.91 Å². The van der Waals surface area contributed by atoms with Crippen LogP contribution in [0.1, 0.15) is 22.7 Å². The van der Waals surface area contributed by atoms with Crippen LogP contribution in [-0.2, 0) is 11.2 Å². The van der Waals surface area contributed by atoms with E-state index < -0.39 is 0 Å². The molecular formula is C31H34N4O3. The van der Waals surface area contributed by atoms with Crippen LogP contribution in [-0.4, -0.2) is 62.7 Å². The minimum Gasteiger partial charge on any atom is -0.493 e. The number of hydrogen-bond donors (Lipinski definition) is 1. The number of amides is 1. The zero-order valence-electron chi connectivity index (χ0n) is 22.0. The lowest BCUT2D eigenvalue weighted by Crippen LogP contribution is -2.50. The fourth-order valence-electron chi connectivity index (χ4n) is 4.81. The predicted octanol–water partition coefficient (Wildman–Crippen LogP) is 4.18. The molecule has 0 spiro atoms. The molecule has 1 aliphatic heterocycles. The van der Waals surface area contributed by atoms with Gasteiger partial charge in [0.2, 0.25) is 0 Å². The summed E-state index contributed by atoms with van der Waals surface area (Å²) in [6, 6.07) is 28.9. The van der Waals surface area contributed by atoms with Gasteiger partial charge in [-0.05, 0) is 35.2 Å². The van der Waals surface area contributed by atoms with Gasteiger partial charge in [-0.2, -0.15) is 5.26 Å². The van der Waals surface area contributed by atoms with Gasteiger partial charge in [0.1, 0.15) is 11.6 Å². The van der Waals surface area contributed by atoms with Gasteiger partial charge in [-0.1, -0.05) is 66.7 Å². The smallest absolute Gasteiger partial charge is 0.266 e. The number of nitrogens with zero attached hydrogens (tertiary/aromatic N) is 3. The van der Waals surface area contributed by atoms with Crippen LogP contribution in [0.15, 0.2) is 90.6 Å². The molecule has 3 aromatic rings. The Kier molecular flexibility index (Phi) is 9.38. The number of piperazine rings is 1. The highest BCUT2D eigenvalue weighted by Gasteiger charge is 2.29. The third-order valence-corrected chi connectivity index (χ3v) is 6.80. The van der Waals surface area contributed by atoms with E-state index in [0.29, 0.717) is 37.6 Å². The van der Waals surface area contributed by atoms with Crippen molar-refractivity contribution in [3.8, 4) is 17.6 Å². The van der Waals surface area contributed by atoms with E-state index in [4.69, 9.17) is 9.47 Å². The number of carbonyl (C=O) groups excluding carboxylic acids is 1. The van der Waals surface area contributed by atoms with Gasteiger partial charge >= 0.3 is 0 Å². The first-order valence-electron chi connectivity index (χ1n) is 12.8. The molecule has 0 aromatic heterocycles. The van der Waals surface area contributed by atoms with Crippen molar-refractivity contribution < 1.29 is 14.3 Å². The fourth-order valence-corrected chi connectivity index (χ4v) is 4.81. The lowest BCUT2D eigenvalue weighted by Gasteiger charge is -2.39. The van der Waals surface area contributed by atoms with Gasteiger partial charge in [-0.15, -0.1) is 0 Å². The van der Waals surface area contributed by atoms with Crippen LogP contribution in [0.25, 0.3) is 0 Å². The van der Waals surface area contributed by atoms with E-state index in [0.717, 1.165) is 18.7 Å². The molecule has 0 unspecified atom stereocenters. The molecule has 1 fully saturated rings. The van der Waals surface area contributed by atoms with E-state index in [9.17, 15) is 10.1 Å². The number of hydrogen-bond acceptors (Lipinski definition) is 6. The first kappa shape index (κ1) is 26.8. The van der Waals surface area contributed by atoms with Crippen molar-refractivity contribution in [1.82, 2.24) is 15.1 Å². The Labute approximate surface area is 224 Å². The van der Waals surface area contributed by atoms with Crippen molar-refractivity contribution in [3.63, 3.8) is 0 Å². The highest BCUT2D eigenvalue weighted by molar-refractivity contribution is 5.97. The number of nitriles is 1. The van der Waals surface area contributed by atoms with E-state index in [1.165, 1.54) is 17.3 Å². The Bertz CT molecular complexity index is 1220. The lowest BCUT2D eigenvalue weighted by molar-refractivity contribution is -0.128. The molecule has 0 bridgehead atoms. The fraction of sp³-hybridized carbons (Fsp3) is 0.290. The van der Waals surface area contributed by atoms with Crippen LogP contribution in [0.2, 0.25) is 0 Å². The van der Waals surface area contributed by atoms with Gasteiger partial charge in [-0.3, -0.25) is 9.69 Å². The third-order valence-electron chi connectivity index (χ3n) is 6.80. The van der Waals surface area contributed by atoms with Crippen LogP contribution in [0.5, 0.6) is 11.5 Å². The van der Waals surface area contributed by atoms with Gasteiger partial charge in [0.05, 0.1) is 20.3 Å². The highest BCUT2D eigenvalue weighted by atomic mass is 16.5. The molecule has 7 nitrogen and oxygen atoms in total. The summed E-state index contributed by atoms with van der Waals surface area (Å²) in [5, 5.41) is 12.8. The van der Waals surface area contributed by atoms with E-state index in [1.54, 1.807) is 19.1 Å². The van der Waals surface area contributed by atoms with E-state index in [2.05, 4.69) is 64.8 Å². The van der Waals surface area contributed by atoms with Gasteiger partial charge in [0, 0.05) is 38.9 Å². The highest BCUT2D eigenvalue weighted by Crippen LogP contribution is 2.30. The molecule has 1 heterocycles. The molecule has 1 N–H and O–H groups in total. The summed E-state index contributed by atoms with van der Waals surface area (Å²) in [7, 11) is 3.21. The molecule has 1 saturated heterocycles. The maximum absolute atomic E-state index is 13.1. The van der Waals surface area contributed by atoms with Gasteiger partial charge in [-0.25, -0.2) is 0 Å². The summed E-state index contributed by atoms with van der Waals surface area (Å²) in [6.07, 6.45) is 2.25. The second-order valence-electron chi connectivity index (χ2n) is 9.12. The van der Waals surface area contributed by atoms with Crippen molar-refractivity contribution in [1.29, 1.82) is 5.26 Å². The average molecular weight is 511 g/mol. The average Bonchev–Trinajstić information content (AvgIpc) is 2.98. The van der Waals surface area contributed by atoms with Crippen LogP contribution in [0.3, 0.4) is 0 Å². The van der Waals surface area contributed by atoms with Gasteiger partial charge in [0.15, 0.2) is 11.5 Å². The topological polar surface area (TPSA) is 77.8 Å². The molecule has 0 aliphatic carbocycles. The molecule has 0 radical (unpaired) electrons. The van der Waals surface area contributed by atoms with Crippen LogP contribution >= 0.6 is 0 Å². The van der Waals surface area contributed by atoms with Crippen LogP contribution in [0, 0.1) is 11.3 Å². The summed E-state index contributed by atoms with van der Waals surface area (Å²) in [5.41, 5.74) is 3.65. The first-order valence-corrected chi connectivity index (χ1v) is 12.8. The maximum Gasteiger partial charge on any atom is 0.266 e. The summed E-state index contributed by atoms with van der Waals surface area (Å²) in [4.78, 5) is 17.3. The number of benzene rings is 3. The zero-order chi connectivity index (χ0) is 26.7. The van der Waals surface area contributed by atoms with Gasteiger partial charge < -0.3 is 19.7 Å². The van der Waals surface area contributed by atoms with E-state index in [-0.39, 0.29) is 17.5 Å². The minimum absolute atomic E-state index is 0.119. The summed E-state index contributed by atoms with van der Waals surface area (Å²) in [5.74, 6) is 1.12. The number of ether oxygens (including phenoxy) is 2. The van der Waals surface area contributed by atoms with Crippen LogP contribution < -0.4 is 14.8 Å². The molecule has 0 atom stereocenters. The van der Waals surface area contributed by atoms with Crippen LogP contribution in [0.4, 0.5) is 0 Å². The Morgan fingerprint density at radius 3 is 2.08 bits per heavy atom. The molecule has 1 aliphatic rings. The van der Waals surface area contributed by atoms with Crippen molar-refractivity contribution in [3.05, 3.63) is 107 Å². The van der Waals surface area contributed by atoms with Crippen molar-refractivity contribution in [2.24, 2.45) is 0 Å². The summed E-state index contributed by atoms with van der Waals surface area (Å²) >= 11 is 0. The SMILES string of the molecule is COc1ccc(CCN/C=C(/C#N)C(=O)N2CCN(C(c3ccccc3)c3ccccc3)CC2)cc1OC. The molecule has 3 aromatic carbocycles. The second-order valence-corrected chi connectivity index (χ2v) is 9.12. The minimum atomic E-state index is -0.235. The normalized spacial score (nSPS) is 14.2. The second kappa shape index (κ2) is 13.3. The van der Waals surface area contributed by atoms with E-state index >= 15 is 0 Å². The van der Waals surface area contributed by atoms with Crippen molar-refractivity contribution in [2.45, 2.75) is 12.5 Å². The summed E-state index contributed by atoms with van der Waals surface area (Å²) in [6.45, 7) is 3.17. The number of rotatable bonds is 10. The number of carbonyl (C=O) groups is 1. The molecule has 7 heteroatoms. The Hall–Kier alpha value is -4.28. The standard InChI is InChI=1S/C31H34N4O3/c1-37-28-14-13-24(21-29(28)38-2)15-16-33-23-27(22-32)31(36)35-19-17-34(18-20-35)30(25-9-5-3-6-10-25)26-11-7-4-8-12-26/h3-14,21,23,30,33H,15-20H2,1-2H3/b27-23-. The quantitative estimate of drug-likeness (QED) is 0.251. The molecule has 4 rings (SSSR count).